The van der Waals surface area contributed by atoms with Gasteiger partial charge in [-0.3, -0.25) is 14.9 Å². The van der Waals surface area contributed by atoms with Crippen molar-refractivity contribution in [2.24, 2.45) is 0 Å². The van der Waals surface area contributed by atoms with Crippen LogP contribution >= 0.6 is 11.3 Å². The summed E-state index contributed by atoms with van der Waals surface area (Å²) in [6.45, 7) is 1.77. The first-order valence-electron chi connectivity index (χ1n) is 6.66. The van der Waals surface area contributed by atoms with Gasteiger partial charge in [-0.05, 0) is 12.5 Å². The molecular formula is C13H12N6O3S. The molecule has 0 saturated carbocycles. The molecule has 0 saturated heterocycles. The van der Waals surface area contributed by atoms with Crippen molar-refractivity contribution in [3.63, 3.8) is 0 Å². The van der Waals surface area contributed by atoms with Crippen LogP contribution in [-0.4, -0.2) is 31.8 Å². The topological polar surface area (TPSA) is 115 Å². The fourth-order valence-corrected chi connectivity index (χ4v) is 2.82. The largest absolute Gasteiger partial charge is 0.363 e. The molecule has 1 aromatic carbocycles. The van der Waals surface area contributed by atoms with E-state index in [9.17, 15) is 14.9 Å². The normalized spacial score (nSPS) is 10.9. The first-order chi connectivity index (χ1) is 11.0. The van der Waals surface area contributed by atoms with Crippen LogP contribution in [0.1, 0.15) is 16.8 Å². The van der Waals surface area contributed by atoms with Crippen LogP contribution in [0, 0.1) is 17.0 Å². The minimum absolute atomic E-state index is 0.0256. The monoisotopic (exact) mass is 332 g/mol. The van der Waals surface area contributed by atoms with Crippen LogP contribution < -0.4 is 10.9 Å². The fraction of sp³-hybridized carbons (Fsp3) is 0.231. The third-order valence-electron chi connectivity index (χ3n) is 3.26. The van der Waals surface area contributed by atoms with Gasteiger partial charge in [0, 0.05) is 25.1 Å². The Morgan fingerprint density at radius 3 is 2.87 bits per heavy atom. The Bertz CT molecular complexity index is 964. The molecule has 2 heterocycles. The SMILES string of the molecule is CNc1nn2c(=O)c(Cc3ccc(C)cc3[N+](=O)[O-])nnc2s1. The van der Waals surface area contributed by atoms with Gasteiger partial charge in [0.15, 0.2) is 0 Å². The molecule has 0 aliphatic rings. The van der Waals surface area contributed by atoms with Crippen molar-refractivity contribution in [2.45, 2.75) is 13.3 Å². The molecule has 2 aromatic heterocycles. The standard InChI is InChI=1S/C13H12N6O3S/c1-7-3-4-8(10(5-7)19(21)22)6-9-11(20)18-13(16-15-9)23-12(14-2)17-18/h3-5H,6H2,1-2H3,(H,14,17). The van der Waals surface area contributed by atoms with Crippen LogP contribution in [0.5, 0.6) is 0 Å². The molecular weight excluding hydrogens is 320 g/mol. The van der Waals surface area contributed by atoms with Crippen LogP contribution in [0.2, 0.25) is 0 Å². The van der Waals surface area contributed by atoms with Gasteiger partial charge in [0.25, 0.3) is 11.2 Å². The van der Waals surface area contributed by atoms with Crippen molar-refractivity contribution < 1.29 is 4.92 Å². The molecule has 0 amide bonds. The molecule has 23 heavy (non-hydrogen) atoms. The second-order valence-corrected chi connectivity index (χ2v) is 5.83. The lowest BCUT2D eigenvalue weighted by Crippen LogP contribution is -2.22. The summed E-state index contributed by atoms with van der Waals surface area (Å²) in [5.74, 6) is 0. The first-order valence-corrected chi connectivity index (χ1v) is 7.48. The van der Waals surface area contributed by atoms with Crippen molar-refractivity contribution in [1.29, 1.82) is 0 Å². The van der Waals surface area contributed by atoms with E-state index in [1.165, 1.54) is 17.4 Å². The molecule has 10 heteroatoms. The van der Waals surface area contributed by atoms with Gasteiger partial charge in [0.1, 0.15) is 5.69 Å². The van der Waals surface area contributed by atoms with E-state index in [1.807, 2.05) is 0 Å². The Labute approximate surface area is 133 Å². The number of benzene rings is 1. The van der Waals surface area contributed by atoms with E-state index in [2.05, 4.69) is 20.6 Å². The van der Waals surface area contributed by atoms with Gasteiger partial charge in [-0.25, -0.2) is 0 Å². The van der Waals surface area contributed by atoms with E-state index in [0.717, 1.165) is 10.1 Å². The summed E-state index contributed by atoms with van der Waals surface area (Å²) in [5, 5.41) is 26.5. The Morgan fingerprint density at radius 1 is 1.39 bits per heavy atom. The smallest absolute Gasteiger partial charge is 0.297 e. The van der Waals surface area contributed by atoms with E-state index in [4.69, 9.17) is 0 Å². The summed E-state index contributed by atoms with van der Waals surface area (Å²) >= 11 is 1.20. The van der Waals surface area contributed by atoms with Gasteiger partial charge in [0.2, 0.25) is 10.1 Å². The molecule has 0 unspecified atom stereocenters. The first kappa shape index (κ1) is 15.0. The lowest BCUT2D eigenvalue weighted by Gasteiger charge is -2.03. The number of nitro benzene ring substituents is 1. The molecule has 118 valence electrons. The molecule has 0 atom stereocenters. The maximum absolute atomic E-state index is 12.4. The quantitative estimate of drug-likeness (QED) is 0.567. The highest BCUT2D eigenvalue weighted by Crippen LogP contribution is 2.22. The Balaban J connectivity index is 2.07. The number of nitrogens with zero attached hydrogens (tertiary/aromatic N) is 5. The third-order valence-corrected chi connectivity index (χ3v) is 4.18. The maximum atomic E-state index is 12.4. The summed E-state index contributed by atoms with van der Waals surface area (Å²) in [7, 11) is 1.69. The molecule has 9 nitrogen and oxygen atoms in total. The van der Waals surface area contributed by atoms with Crippen molar-refractivity contribution in [3.05, 3.63) is 55.5 Å². The van der Waals surface area contributed by atoms with Gasteiger partial charge in [-0.1, -0.05) is 23.5 Å². The molecule has 3 rings (SSSR count). The van der Waals surface area contributed by atoms with Gasteiger partial charge in [-0.15, -0.1) is 15.3 Å². The van der Waals surface area contributed by atoms with Crippen LogP contribution in [0.15, 0.2) is 23.0 Å². The third kappa shape index (κ3) is 2.75. The van der Waals surface area contributed by atoms with Crippen LogP contribution in [0.4, 0.5) is 10.8 Å². The fourth-order valence-electron chi connectivity index (χ4n) is 2.13. The zero-order valence-corrected chi connectivity index (χ0v) is 13.1. The minimum Gasteiger partial charge on any atom is -0.363 e. The number of rotatable bonds is 4. The number of nitrogens with one attached hydrogen (secondary N) is 1. The minimum atomic E-state index is -0.464. The average molecular weight is 332 g/mol. The second kappa shape index (κ2) is 5.72. The van der Waals surface area contributed by atoms with Gasteiger partial charge < -0.3 is 5.32 Å². The number of nitro groups is 1. The molecule has 3 aromatic rings. The lowest BCUT2D eigenvalue weighted by molar-refractivity contribution is -0.385. The Hall–Kier alpha value is -2.88. The lowest BCUT2D eigenvalue weighted by atomic mass is 10.1. The Kier molecular flexibility index (Phi) is 3.74. The number of hydrogen-bond donors (Lipinski definition) is 1. The van der Waals surface area contributed by atoms with Gasteiger partial charge >= 0.3 is 0 Å². The number of hydrogen-bond acceptors (Lipinski definition) is 8. The zero-order chi connectivity index (χ0) is 16.6. The van der Waals surface area contributed by atoms with Crippen molar-refractivity contribution in [1.82, 2.24) is 19.8 Å². The second-order valence-electron chi connectivity index (χ2n) is 4.87. The van der Waals surface area contributed by atoms with Crippen LogP contribution in [0.25, 0.3) is 4.96 Å². The summed E-state index contributed by atoms with van der Waals surface area (Å²) in [5.41, 5.74) is 0.836. The summed E-state index contributed by atoms with van der Waals surface area (Å²) in [6.07, 6.45) is 0.0256. The van der Waals surface area contributed by atoms with E-state index in [-0.39, 0.29) is 17.8 Å². The highest BCUT2D eigenvalue weighted by atomic mass is 32.1. The van der Waals surface area contributed by atoms with E-state index < -0.39 is 10.5 Å². The summed E-state index contributed by atoms with van der Waals surface area (Å²) in [4.78, 5) is 23.5. The van der Waals surface area contributed by atoms with Crippen molar-refractivity contribution in [3.8, 4) is 0 Å². The average Bonchev–Trinajstić information content (AvgIpc) is 2.95. The number of aromatic nitrogens is 4. The number of anilines is 1. The molecule has 0 spiro atoms. The molecule has 0 bridgehead atoms. The molecule has 0 radical (unpaired) electrons. The van der Waals surface area contributed by atoms with Gasteiger partial charge in [0.05, 0.1) is 4.92 Å². The van der Waals surface area contributed by atoms with Crippen LogP contribution in [-0.2, 0) is 6.42 Å². The zero-order valence-electron chi connectivity index (χ0n) is 12.3. The number of fused-ring (bicyclic) bond motifs is 1. The van der Waals surface area contributed by atoms with E-state index in [0.29, 0.717) is 15.7 Å². The van der Waals surface area contributed by atoms with Crippen LogP contribution in [0.3, 0.4) is 0 Å². The Morgan fingerprint density at radius 2 is 2.17 bits per heavy atom. The van der Waals surface area contributed by atoms with Crippen molar-refractivity contribution >= 4 is 27.1 Å². The summed E-state index contributed by atoms with van der Waals surface area (Å²) < 4.78 is 1.15. The van der Waals surface area contributed by atoms with E-state index >= 15 is 0 Å². The summed E-state index contributed by atoms with van der Waals surface area (Å²) in [6, 6.07) is 4.86. The predicted molar refractivity (Wildman–Crippen MR) is 85.1 cm³/mol. The highest BCUT2D eigenvalue weighted by Gasteiger charge is 2.18. The maximum Gasteiger partial charge on any atom is 0.297 e. The van der Waals surface area contributed by atoms with E-state index in [1.54, 1.807) is 26.1 Å². The molecule has 0 fully saturated rings. The van der Waals surface area contributed by atoms with Crippen molar-refractivity contribution in [2.75, 3.05) is 12.4 Å². The molecule has 1 N–H and O–H groups in total. The molecule has 0 aliphatic carbocycles. The number of aryl methyl sites for hydroxylation is 1. The highest BCUT2D eigenvalue weighted by molar-refractivity contribution is 7.20. The van der Waals surface area contributed by atoms with Gasteiger partial charge in [-0.2, -0.15) is 4.52 Å². The molecule has 0 aliphatic heterocycles. The predicted octanol–water partition coefficient (Wildman–Crippen LogP) is 1.40.